The molecule has 0 spiro atoms. The van der Waals surface area contributed by atoms with Crippen LogP contribution in [0, 0.1) is 12.7 Å². The SMILES string of the molecule is Cc1cc(-c2nc3ccc(F)cc3s2)c(N)s1. The first-order valence-electron chi connectivity index (χ1n) is 5.06. The lowest BCUT2D eigenvalue weighted by Crippen LogP contribution is -1.81. The summed E-state index contributed by atoms with van der Waals surface area (Å²) in [5.41, 5.74) is 7.70. The van der Waals surface area contributed by atoms with Crippen LogP contribution in [0.25, 0.3) is 20.8 Å². The van der Waals surface area contributed by atoms with E-state index in [1.165, 1.54) is 23.5 Å². The molecule has 0 saturated heterocycles. The molecule has 0 saturated carbocycles. The third kappa shape index (κ3) is 1.81. The first-order valence-corrected chi connectivity index (χ1v) is 6.69. The zero-order valence-electron chi connectivity index (χ0n) is 9.03. The largest absolute Gasteiger partial charge is 0.390 e. The van der Waals surface area contributed by atoms with Gasteiger partial charge in [0.05, 0.1) is 15.2 Å². The topological polar surface area (TPSA) is 38.9 Å². The van der Waals surface area contributed by atoms with Crippen LogP contribution >= 0.6 is 22.7 Å². The number of hydrogen-bond donors (Lipinski definition) is 1. The monoisotopic (exact) mass is 264 g/mol. The second-order valence-electron chi connectivity index (χ2n) is 3.77. The molecule has 0 bridgehead atoms. The van der Waals surface area contributed by atoms with E-state index in [9.17, 15) is 4.39 Å². The van der Waals surface area contributed by atoms with E-state index < -0.39 is 0 Å². The van der Waals surface area contributed by atoms with Crippen LogP contribution in [0.5, 0.6) is 0 Å². The minimum absolute atomic E-state index is 0.234. The number of halogens is 1. The summed E-state index contributed by atoms with van der Waals surface area (Å²) in [6.45, 7) is 2.01. The number of anilines is 1. The lowest BCUT2D eigenvalue weighted by molar-refractivity contribution is 0.630. The van der Waals surface area contributed by atoms with E-state index in [2.05, 4.69) is 4.98 Å². The van der Waals surface area contributed by atoms with Gasteiger partial charge in [-0.1, -0.05) is 0 Å². The van der Waals surface area contributed by atoms with Crippen molar-refractivity contribution >= 4 is 37.9 Å². The Labute approximate surface area is 106 Å². The maximum absolute atomic E-state index is 13.1. The molecule has 3 aromatic rings. The zero-order valence-corrected chi connectivity index (χ0v) is 10.7. The maximum Gasteiger partial charge on any atom is 0.127 e. The lowest BCUT2D eigenvalue weighted by Gasteiger charge is -1.90. The highest BCUT2D eigenvalue weighted by Crippen LogP contribution is 2.37. The van der Waals surface area contributed by atoms with Crippen LogP contribution in [-0.2, 0) is 0 Å². The van der Waals surface area contributed by atoms with E-state index in [0.29, 0.717) is 0 Å². The second-order valence-corrected chi connectivity index (χ2v) is 6.08. The quantitative estimate of drug-likeness (QED) is 0.720. The molecular formula is C12H9FN2S2. The molecule has 2 N–H and O–H groups in total. The molecule has 86 valence electrons. The van der Waals surface area contributed by atoms with Crippen LogP contribution < -0.4 is 5.73 Å². The summed E-state index contributed by atoms with van der Waals surface area (Å²) in [6, 6.07) is 6.65. The van der Waals surface area contributed by atoms with Crippen LogP contribution in [0.3, 0.4) is 0 Å². The predicted octanol–water partition coefficient (Wildman–Crippen LogP) is 4.05. The summed E-state index contributed by atoms with van der Waals surface area (Å²) >= 11 is 3.02. The van der Waals surface area contributed by atoms with Gasteiger partial charge in [-0.2, -0.15) is 0 Å². The number of rotatable bonds is 1. The van der Waals surface area contributed by atoms with Gasteiger partial charge in [0.1, 0.15) is 10.8 Å². The van der Waals surface area contributed by atoms with Gasteiger partial charge in [-0.15, -0.1) is 22.7 Å². The number of thiazole rings is 1. The van der Waals surface area contributed by atoms with Crippen LogP contribution in [0.2, 0.25) is 0 Å². The number of nitrogens with two attached hydrogens (primary N) is 1. The Hall–Kier alpha value is -1.46. The highest BCUT2D eigenvalue weighted by Gasteiger charge is 2.12. The summed E-state index contributed by atoms with van der Waals surface area (Å²) in [5, 5.41) is 1.62. The van der Waals surface area contributed by atoms with E-state index in [1.54, 1.807) is 17.4 Å². The van der Waals surface area contributed by atoms with Gasteiger partial charge >= 0.3 is 0 Å². The third-order valence-corrected chi connectivity index (χ3v) is 4.40. The molecule has 0 aliphatic rings. The van der Waals surface area contributed by atoms with Crippen molar-refractivity contribution in [2.24, 2.45) is 0 Å². The van der Waals surface area contributed by atoms with Crippen molar-refractivity contribution < 1.29 is 4.39 Å². The van der Waals surface area contributed by atoms with Gasteiger partial charge in [-0.05, 0) is 31.2 Å². The molecule has 0 aliphatic carbocycles. The van der Waals surface area contributed by atoms with E-state index >= 15 is 0 Å². The van der Waals surface area contributed by atoms with E-state index in [0.717, 1.165) is 30.7 Å². The van der Waals surface area contributed by atoms with Gasteiger partial charge < -0.3 is 5.73 Å². The van der Waals surface area contributed by atoms with Gasteiger partial charge in [0, 0.05) is 10.4 Å². The maximum atomic E-state index is 13.1. The van der Waals surface area contributed by atoms with E-state index in [4.69, 9.17) is 5.73 Å². The van der Waals surface area contributed by atoms with Crippen molar-refractivity contribution in [1.29, 1.82) is 0 Å². The molecule has 2 nitrogen and oxygen atoms in total. The van der Waals surface area contributed by atoms with Crippen LogP contribution in [0.1, 0.15) is 4.88 Å². The number of aromatic nitrogens is 1. The molecule has 5 heteroatoms. The highest BCUT2D eigenvalue weighted by atomic mass is 32.1. The molecule has 2 aromatic heterocycles. The van der Waals surface area contributed by atoms with Crippen LogP contribution in [0.4, 0.5) is 9.39 Å². The Morgan fingerprint density at radius 1 is 1.24 bits per heavy atom. The van der Waals surface area contributed by atoms with E-state index in [-0.39, 0.29) is 5.82 Å². The summed E-state index contributed by atoms with van der Waals surface area (Å²) in [5.74, 6) is -0.234. The third-order valence-electron chi connectivity index (χ3n) is 2.46. The molecule has 0 atom stereocenters. The number of aryl methyl sites for hydroxylation is 1. The fraction of sp³-hybridized carbons (Fsp3) is 0.0833. The first-order chi connectivity index (χ1) is 8.13. The smallest absolute Gasteiger partial charge is 0.127 e. The minimum atomic E-state index is -0.234. The van der Waals surface area contributed by atoms with Gasteiger partial charge in [0.15, 0.2) is 0 Å². The number of nitrogens with zero attached hydrogens (tertiary/aromatic N) is 1. The molecule has 17 heavy (non-hydrogen) atoms. The van der Waals surface area contributed by atoms with Crippen molar-refractivity contribution in [2.75, 3.05) is 5.73 Å². The lowest BCUT2D eigenvalue weighted by atomic mass is 10.3. The van der Waals surface area contributed by atoms with Crippen molar-refractivity contribution in [2.45, 2.75) is 6.92 Å². The fourth-order valence-electron chi connectivity index (χ4n) is 1.71. The average Bonchev–Trinajstić information content (AvgIpc) is 2.80. The Balaban J connectivity index is 2.21. The van der Waals surface area contributed by atoms with Crippen molar-refractivity contribution in [3.63, 3.8) is 0 Å². The zero-order chi connectivity index (χ0) is 12.0. The van der Waals surface area contributed by atoms with Gasteiger partial charge in [0.2, 0.25) is 0 Å². The standard InChI is InChI=1S/C12H9FN2S2/c1-6-4-8(11(14)16-6)12-15-9-3-2-7(13)5-10(9)17-12/h2-5H,14H2,1H3. The van der Waals surface area contributed by atoms with Crippen molar-refractivity contribution in [3.8, 4) is 10.6 Å². The molecule has 3 rings (SSSR count). The minimum Gasteiger partial charge on any atom is -0.390 e. The number of nitrogen functional groups attached to an aromatic ring is 1. The Bertz CT molecular complexity index is 700. The predicted molar refractivity (Wildman–Crippen MR) is 72.0 cm³/mol. The Morgan fingerprint density at radius 2 is 2.06 bits per heavy atom. The molecule has 2 heterocycles. The molecule has 1 aromatic carbocycles. The summed E-state index contributed by atoms with van der Waals surface area (Å²) in [4.78, 5) is 5.63. The molecule has 0 amide bonds. The normalized spacial score (nSPS) is 11.2. The Morgan fingerprint density at radius 3 is 2.76 bits per heavy atom. The number of fused-ring (bicyclic) bond motifs is 1. The molecule has 0 unspecified atom stereocenters. The number of thiophene rings is 1. The summed E-state index contributed by atoms with van der Waals surface area (Å²) in [7, 11) is 0. The fourth-order valence-corrected chi connectivity index (χ4v) is 3.59. The highest BCUT2D eigenvalue weighted by molar-refractivity contribution is 7.22. The summed E-state index contributed by atoms with van der Waals surface area (Å²) in [6.07, 6.45) is 0. The number of hydrogen-bond acceptors (Lipinski definition) is 4. The first kappa shape index (κ1) is 10.7. The van der Waals surface area contributed by atoms with Crippen molar-refractivity contribution in [1.82, 2.24) is 4.98 Å². The van der Waals surface area contributed by atoms with Gasteiger partial charge in [-0.25, -0.2) is 9.37 Å². The van der Waals surface area contributed by atoms with Crippen LogP contribution in [0.15, 0.2) is 24.3 Å². The molecule has 0 aliphatic heterocycles. The number of benzene rings is 1. The van der Waals surface area contributed by atoms with E-state index in [1.807, 2.05) is 13.0 Å². The van der Waals surface area contributed by atoms with Gasteiger partial charge in [-0.3, -0.25) is 0 Å². The second kappa shape index (κ2) is 3.78. The summed E-state index contributed by atoms with van der Waals surface area (Å²) < 4.78 is 13.9. The molecule has 0 fully saturated rings. The molecular weight excluding hydrogens is 255 g/mol. The molecule has 0 radical (unpaired) electrons. The average molecular weight is 264 g/mol. The van der Waals surface area contributed by atoms with Crippen molar-refractivity contribution in [3.05, 3.63) is 35.0 Å². The van der Waals surface area contributed by atoms with Gasteiger partial charge in [0.25, 0.3) is 0 Å². The van der Waals surface area contributed by atoms with Crippen LogP contribution in [-0.4, -0.2) is 4.98 Å². The Kier molecular flexibility index (Phi) is 2.38.